The average molecular weight is 649 g/mol. The van der Waals surface area contributed by atoms with Crippen LogP contribution in [0.15, 0.2) is 71.0 Å². The molecule has 0 radical (unpaired) electrons. The van der Waals surface area contributed by atoms with Crippen LogP contribution in [0.5, 0.6) is 0 Å². The van der Waals surface area contributed by atoms with Crippen LogP contribution in [0.2, 0.25) is 0 Å². The van der Waals surface area contributed by atoms with Crippen molar-refractivity contribution in [3.05, 3.63) is 99.0 Å². The fraction of sp³-hybridized carbons (Fsp3) is 0.389. The molecule has 5 aromatic rings. The number of hydrogen-bond acceptors (Lipinski definition) is 9. The first-order valence-corrected chi connectivity index (χ1v) is 16.5. The van der Waals surface area contributed by atoms with Crippen LogP contribution in [-0.4, -0.2) is 78.9 Å². The minimum Gasteiger partial charge on any atom is -0.392 e. The highest BCUT2D eigenvalue weighted by Gasteiger charge is 2.32. The Hall–Kier alpha value is -4.78. The third-order valence-electron chi connectivity index (χ3n) is 10.1. The molecule has 0 atom stereocenters. The number of aromatic nitrogens is 5. The Morgan fingerprint density at radius 1 is 1.00 bits per heavy atom. The highest BCUT2D eigenvalue weighted by atomic mass is 16.5. The van der Waals surface area contributed by atoms with Crippen LogP contribution in [0, 0.1) is 5.41 Å². The van der Waals surface area contributed by atoms with E-state index >= 15 is 0 Å². The zero-order valence-corrected chi connectivity index (χ0v) is 27.5. The summed E-state index contributed by atoms with van der Waals surface area (Å²) in [4.78, 5) is 41.0. The zero-order valence-electron chi connectivity index (χ0n) is 27.5. The van der Waals surface area contributed by atoms with Gasteiger partial charge in [-0.2, -0.15) is 0 Å². The van der Waals surface area contributed by atoms with Crippen LogP contribution in [0.4, 0.5) is 17.2 Å². The van der Waals surface area contributed by atoms with Crippen molar-refractivity contribution in [2.75, 3.05) is 49.6 Å². The molecule has 3 aliphatic rings. The fourth-order valence-corrected chi connectivity index (χ4v) is 7.46. The van der Waals surface area contributed by atoms with Gasteiger partial charge in [-0.05, 0) is 48.1 Å². The SMILES string of the molecule is Cn1cc(-c2cncc(-n3ccn4c5c(cc4c3=O)CC(C)(C)C5)c2CO)cc(Nc2ccc(N3CCN(C4COC4)CC3)cn2)c1=O. The second-order valence-corrected chi connectivity index (χ2v) is 14.0. The number of aliphatic hydroxyl groups is 1. The van der Waals surface area contributed by atoms with Gasteiger partial charge < -0.3 is 29.0 Å². The van der Waals surface area contributed by atoms with Gasteiger partial charge in [-0.25, -0.2) is 4.98 Å². The maximum atomic E-state index is 13.8. The Morgan fingerprint density at radius 2 is 1.81 bits per heavy atom. The zero-order chi connectivity index (χ0) is 33.2. The van der Waals surface area contributed by atoms with Gasteiger partial charge in [-0.3, -0.25) is 24.0 Å². The number of nitrogens with zero attached hydrogens (tertiary/aromatic N) is 7. The van der Waals surface area contributed by atoms with Crippen LogP contribution >= 0.6 is 0 Å². The maximum absolute atomic E-state index is 13.8. The van der Waals surface area contributed by atoms with Crippen molar-refractivity contribution in [2.45, 2.75) is 39.3 Å². The third kappa shape index (κ3) is 5.29. The van der Waals surface area contributed by atoms with Gasteiger partial charge in [0.2, 0.25) is 0 Å². The molecule has 0 spiro atoms. The molecule has 1 aliphatic carbocycles. The van der Waals surface area contributed by atoms with Crippen LogP contribution in [0.25, 0.3) is 22.3 Å². The van der Waals surface area contributed by atoms with E-state index in [1.54, 1.807) is 42.5 Å². The van der Waals surface area contributed by atoms with Crippen molar-refractivity contribution in [3.63, 3.8) is 0 Å². The van der Waals surface area contributed by atoms with Crippen molar-refractivity contribution in [3.8, 4) is 16.8 Å². The molecule has 7 heterocycles. The normalized spacial score (nSPS) is 17.9. The number of nitrogens with one attached hydrogen (secondary N) is 1. The molecule has 0 unspecified atom stereocenters. The van der Waals surface area contributed by atoms with Gasteiger partial charge >= 0.3 is 0 Å². The molecule has 0 amide bonds. The lowest BCUT2D eigenvalue weighted by Crippen LogP contribution is -2.56. The van der Waals surface area contributed by atoms with Gasteiger partial charge in [0.1, 0.15) is 17.0 Å². The topological polar surface area (TPSA) is 122 Å². The second kappa shape index (κ2) is 11.7. The maximum Gasteiger partial charge on any atom is 0.279 e. The molecule has 0 saturated carbocycles. The fourth-order valence-electron chi connectivity index (χ4n) is 7.46. The Kier molecular flexibility index (Phi) is 7.46. The quantitative estimate of drug-likeness (QED) is 0.274. The molecule has 8 rings (SSSR count). The van der Waals surface area contributed by atoms with E-state index in [1.807, 2.05) is 35.0 Å². The van der Waals surface area contributed by atoms with E-state index < -0.39 is 0 Å². The number of aliphatic hydroxyl groups excluding tert-OH is 1. The monoisotopic (exact) mass is 648 g/mol. The van der Waals surface area contributed by atoms with E-state index in [-0.39, 0.29) is 23.1 Å². The number of aryl methyl sites for hydroxylation is 1. The molecule has 12 nitrogen and oxygen atoms in total. The highest BCUT2D eigenvalue weighted by Crippen LogP contribution is 2.37. The summed E-state index contributed by atoms with van der Waals surface area (Å²) in [5.74, 6) is 0.551. The van der Waals surface area contributed by atoms with Gasteiger partial charge in [-0.1, -0.05) is 13.8 Å². The Balaban J connectivity index is 1.07. The summed E-state index contributed by atoms with van der Waals surface area (Å²) in [5.41, 5.74) is 6.47. The largest absolute Gasteiger partial charge is 0.392 e. The minimum atomic E-state index is -0.326. The van der Waals surface area contributed by atoms with Gasteiger partial charge in [0, 0.05) is 80.4 Å². The smallest absolute Gasteiger partial charge is 0.279 e. The van der Waals surface area contributed by atoms with Crippen molar-refractivity contribution >= 4 is 22.7 Å². The van der Waals surface area contributed by atoms with Crippen LogP contribution < -0.4 is 21.3 Å². The lowest BCUT2D eigenvalue weighted by atomic mass is 9.90. The number of piperazine rings is 1. The van der Waals surface area contributed by atoms with E-state index in [9.17, 15) is 14.7 Å². The van der Waals surface area contributed by atoms with Crippen LogP contribution in [0.1, 0.15) is 30.7 Å². The lowest BCUT2D eigenvalue weighted by molar-refractivity contribution is -0.0660. The summed E-state index contributed by atoms with van der Waals surface area (Å²) < 4.78 is 10.4. The Labute approximate surface area is 277 Å². The molecule has 48 heavy (non-hydrogen) atoms. The molecule has 248 valence electrons. The number of hydrogen-bond donors (Lipinski definition) is 2. The first-order chi connectivity index (χ1) is 23.2. The average Bonchev–Trinajstić information content (AvgIpc) is 3.55. The van der Waals surface area contributed by atoms with Gasteiger partial charge in [0.25, 0.3) is 11.1 Å². The molecule has 2 saturated heterocycles. The Bertz CT molecular complexity index is 2140. The molecule has 12 heteroatoms. The first-order valence-electron chi connectivity index (χ1n) is 16.5. The standard InChI is InChI=1S/C36H40N8O4/c1-36(2)14-23-13-30-35(47)44(11-10-43(30)31(23)15-36)32-18-37-17-27(28(32)20-45)24-12-29(34(46)40(3)19-24)39-33-5-4-25(16-38-33)41-6-8-42(9-7-41)26-21-48-22-26/h4-5,10-13,16-19,26,45H,6-9,14-15,20-22H2,1-3H3,(H,38,39). The molecule has 2 aliphatic heterocycles. The van der Waals surface area contributed by atoms with Crippen molar-refractivity contribution in [1.29, 1.82) is 0 Å². The second-order valence-electron chi connectivity index (χ2n) is 14.0. The van der Waals surface area contributed by atoms with Gasteiger partial charge in [0.05, 0.1) is 49.6 Å². The molecule has 0 aromatic carbocycles. The number of rotatable bonds is 7. The number of fused-ring (bicyclic) bond motifs is 3. The summed E-state index contributed by atoms with van der Waals surface area (Å²) >= 11 is 0. The third-order valence-corrected chi connectivity index (χ3v) is 10.1. The highest BCUT2D eigenvalue weighted by molar-refractivity contribution is 5.73. The van der Waals surface area contributed by atoms with Crippen LogP contribution in [-0.2, 0) is 31.2 Å². The van der Waals surface area contributed by atoms with Crippen LogP contribution in [0.3, 0.4) is 0 Å². The molecule has 5 aromatic heterocycles. The van der Waals surface area contributed by atoms with Crippen molar-refractivity contribution < 1.29 is 9.84 Å². The van der Waals surface area contributed by atoms with Crippen molar-refractivity contribution in [2.24, 2.45) is 12.5 Å². The molecular weight excluding hydrogens is 608 g/mol. The number of pyridine rings is 3. The van der Waals surface area contributed by atoms with E-state index in [4.69, 9.17) is 4.74 Å². The summed E-state index contributed by atoms with van der Waals surface area (Å²) in [5, 5.41) is 13.8. The molecular formula is C36H40N8O4. The van der Waals surface area contributed by atoms with E-state index in [1.165, 1.54) is 15.8 Å². The predicted molar refractivity (Wildman–Crippen MR) is 184 cm³/mol. The van der Waals surface area contributed by atoms with E-state index in [2.05, 4.69) is 38.9 Å². The summed E-state index contributed by atoms with van der Waals surface area (Å²) in [6, 6.07) is 8.20. The minimum absolute atomic E-state index is 0.174. The van der Waals surface area contributed by atoms with E-state index in [0.29, 0.717) is 45.4 Å². The number of anilines is 3. The summed E-state index contributed by atoms with van der Waals surface area (Å²) in [6.45, 7) is 9.68. The van der Waals surface area contributed by atoms with Gasteiger partial charge in [0.15, 0.2) is 0 Å². The van der Waals surface area contributed by atoms with E-state index in [0.717, 1.165) is 57.9 Å². The van der Waals surface area contributed by atoms with Gasteiger partial charge in [-0.15, -0.1) is 0 Å². The molecule has 0 bridgehead atoms. The molecule has 2 N–H and O–H groups in total. The van der Waals surface area contributed by atoms with Crippen molar-refractivity contribution in [1.82, 2.24) is 28.4 Å². The summed E-state index contributed by atoms with van der Waals surface area (Å²) in [7, 11) is 1.68. The first kappa shape index (κ1) is 30.5. The Morgan fingerprint density at radius 3 is 2.52 bits per heavy atom. The summed E-state index contributed by atoms with van der Waals surface area (Å²) in [6.07, 6.45) is 12.3. The number of ether oxygens (including phenoxy) is 1. The predicted octanol–water partition coefficient (Wildman–Crippen LogP) is 3.13. The molecule has 2 fully saturated rings. The lowest BCUT2D eigenvalue weighted by Gasteiger charge is -2.43.